The quantitative estimate of drug-likeness (QED) is 0.782. The number of nitrogens with zero attached hydrogens (tertiary/aromatic N) is 3. The number of likely N-dealkylation sites (N-methyl/N-ethyl adjacent to an activating group) is 1. The largest absolute Gasteiger partial charge is 0.444 e. The first-order valence-corrected chi connectivity index (χ1v) is 10.3. The van der Waals surface area contributed by atoms with Crippen LogP contribution in [0.15, 0.2) is 30.3 Å². The number of carbonyl (C=O) groups excluding carboxylic acids is 2. The first-order chi connectivity index (χ1) is 13.2. The molecule has 0 bridgehead atoms. The summed E-state index contributed by atoms with van der Waals surface area (Å²) in [6.45, 7) is 9.28. The van der Waals surface area contributed by atoms with Gasteiger partial charge in [-0.2, -0.15) is 0 Å². The van der Waals surface area contributed by atoms with Gasteiger partial charge in [-0.3, -0.25) is 4.79 Å². The van der Waals surface area contributed by atoms with E-state index in [1.165, 1.54) is 5.56 Å². The van der Waals surface area contributed by atoms with Crippen molar-refractivity contribution in [1.82, 2.24) is 14.7 Å². The Bertz CT molecular complexity index is 678. The summed E-state index contributed by atoms with van der Waals surface area (Å²) in [5.41, 5.74) is 0.695. The highest BCUT2D eigenvalue weighted by atomic mass is 16.6. The molecule has 0 aromatic heterocycles. The summed E-state index contributed by atoms with van der Waals surface area (Å²) < 4.78 is 5.46. The van der Waals surface area contributed by atoms with Crippen LogP contribution in [-0.4, -0.2) is 72.1 Å². The number of hydrogen-bond acceptors (Lipinski definition) is 4. The Morgan fingerprint density at radius 1 is 1.00 bits per heavy atom. The predicted octanol–water partition coefficient (Wildman–Crippen LogP) is 3.15. The minimum Gasteiger partial charge on any atom is -0.444 e. The van der Waals surface area contributed by atoms with Gasteiger partial charge in [0.2, 0.25) is 5.91 Å². The summed E-state index contributed by atoms with van der Waals surface area (Å²) in [5, 5.41) is 0. The highest BCUT2D eigenvalue weighted by molar-refractivity contribution is 5.80. The van der Waals surface area contributed by atoms with Crippen LogP contribution < -0.4 is 0 Å². The van der Waals surface area contributed by atoms with Gasteiger partial charge in [0.05, 0.1) is 6.04 Å². The van der Waals surface area contributed by atoms with E-state index in [2.05, 4.69) is 29.0 Å². The van der Waals surface area contributed by atoms with Crippen molar-refractivity contribution >= 4 is 12.0 Å². The van der Waals surface area contributed by atoms with Gasteiger partial charge in [-0.15, -0.1) is 0 Å². The molecule has 2 saturated heterocycles. The van der Waals surface area contributed by atoms with Crippen molar-refractivity contribution in [2.45, 2.75) is 45.3 Å². The molecule has 0 aliphatic carbocycles. The summed E-state index contributed by atoms with van der Waals surface area (Å²) in [6.07, 6.45) is 1.12. The Morgan fingerprint density at radius 2 is 1.64 bits per heavy atom. The maximum atomic E-state index is 13.3. The van der Waals surface area contributed by atoms with Gasteiger partial charge in [0, 0.05) is 38.6 Å². The first-order valence-electron chi connectivity index (χ1n) is 10.3. The molecule has 0 unspecified atom stereocenters. The fraction of sp³-hybridized carbons (Fsp3) is 0.636. The van der Waals surface area contributed by atoms with Crippen LogP contribution in [0.4, 0.5) is 4.79 Å². The van der Waals surface area contributed by atoms with Crippen molar-refractivity contribution in [2.75, 3.05) is 39.8 Å². The Morgan fingerprint density at radius 3 is 2.25 bits per heavy atom. The van der Waals surface area contributed by atoms with Crippen molar-refractivity contribution in [3.05, 3.63) is 35.9 Å². The number of piperidine rings is 1. The summed E-state index contributed by atoms with van der Waals surface area (Å²) in [4.78, 5) is 31.7. The lowest BCUT2D eigenvalue weighted by Gasteiger charge is -2.43. The number of amides is 2. The van der Waals surface area contributed by atoms with E-state index in [0.29, 0.717) is 25.9 Å². The molecule has 2 fully saturated rings. The number of rotatable bonds is 2. The van der Waals surface area contributed by atoms with Gasteiger partial charge in [0.25, 0.3) is 0 Å². The molecular weight excluding hydrogens is 354 g/mol. The van der Waals surface area contributed by atoms with Crippen molar-refractivity contribution in [1.29, 1.82) is 0 Å². The summed E-state index contributed by atoms with van der Waals surface area (Å²) in [7, 11) is 2.11. The summed E-state index contributed by atoms with van der Waals surface area (Å²) in [5.74, 6) is 0.207. The molecule has 1 atom stereocenters. The summed E-state index contributed by atoms with van der Waals surface area (Å²) >= 11 is 0. The molecule has 28 heavy (non-hydrogen) atoms. The molecule has 1 aromatic rings. The van der Waals surface area contributed by atoms with E-state index < -0.39 is 5.60 Å². The number of carbonyl (C=O) groups is 2. The monoisotopic (exact) mass is 387 g/mol. The van der Waals surface area contributed by atoms with Crippen LogP contribution in [0.3, 0.4) is 0 Å². The molecule has 6 nitrogen and oxygen atoms in total. The fourth-order valence-electron chi connectivity index (χ4n) is 4.01. The van der Waals surface area contributed by atoms with Crippen molar-refractivity contribution < 1.29 is 14.3 Å². The molecule has 3 rings (SSSR count). The smallest absolute Gasteiger partial charge is 0.410 e. The van der Waals surface area contributed by atoms with E-state index in [9.17, 15) is 9.59 Å². The zero-order valence-corrected chi connectivity index (χ0v) is 17.6. The molecule has 0 N–H and O–H groups in total. The van der Waals surface area contributed by atoms with Crippen LogP contribution in [0, 0.1) is 5.92 Å². The predicted molar refractivity (Wildman–Crippen MR) is 109 cm³/mol. The molecule has 0 radical (unpaired) electrons. The van der Waals surface area contributed by atoms with Gasteiger partial charge >= 0.3 is 6.09 Å². The Hall–Kier alpha value is -2.08. The Kier molecular flexibility index (Phi) is 6.28. The maximum Gasteiger partial charge on any atom is 0.410 e. The van der Waals surface area contributed by atoms with Crippen LogP contribution >= 0.6 is 0 Å². The zero-order chi connectivity index (χ0) is 20.3. The number of benzene rings is 1. The highest BCUT2D eigenvalue weighted by Gasteiger charge is 2.36. The third kappa shape index (κ3) is 5.04. The van der Waals surface area contributed by atoms with Crippen LogP contribution in [0.1, 0.15) is 45.2 Å². The van der Waals surface area contributed by atoms with E-state index >= 15 is 0 Å². The third-order valence-corrected chi connectivity index (χ3v) is 5.55. The van der Waals surface area contributed by atoms with Crippen molar-refractivity contribution in [3.8, 4) is 0 Å². The molecule has 0 spiro atoms. The van der Waals surface area contributed by atoms with E-state index in [1.54, 1.807) is 4.90 Å². The van der Waals surface area contributed by atoms with Gasteiger partial charge in [0.1, 0.15) is 5.60 Å². The van der Waals surface area contributed by atoms with Crippen LogP contribution in [-0.2, 0) is 9.53 Å². The van der Waals surface area contributed by atoms with Gasteiger partial charge in [-0.1, -0.05) is 30.3 Å². The van der Waals surface area contributed by atoms with Gasteiger partial charge in [-0.05, 0) is 46.2 Å². The van der Waals surface area contributed by atoms with Gasteiger partial charge in [0.15, 0.2) is 0 Å². The molecule has 0 saturated carbocycles. The minimum absolute atomic E-state index is 0.0201. The molecular formula is C22H33N3O3. The standard InChI is InChI=1S/C22H33N3O3/c1-22(2,3)28-21(27)24-12-10-18(11-13-24)20(26)25-15-14-23(4)16-19(25)17-8-6-5-7-9-17/h5-9,18-19H,10-16H2,1-4H3/t19-/m1/s1. The average Bonchev–Trinajstić information content (AvgIpc) is 2.67. The van der Waals surface area contributed by atoms with E-state index in [-0.39, 0.29) is 24.0 Å². The topological polar surface area (TPSA) is 53.1 Å². The van der Waals surface area contributed by atoms with Crippen LogP contribution in [0.25, 0.3) is 0 Å². The van der Waals surface area contributed by atoms with Crippen LogP contribution in [0.5, 0.6) is 0 Å². The lowest BCUT2D eigenvalue weighted by Crippen LogP contribution is -2.52. The normalized spacial score (nSPS) is 22.2. The van der Waals surface area contributed by atoms with Crippen molar-refractivity contribution in [3.63, 3.8) is 0 Å². The second-order valence-electron chi connectivity index (χ2n) is 8.96. The second kappa shape index (κ2) is 8.52. The third-order valence-electron chi connectivity index (χ3n) is 5.55. The molecule has 154 valence electrons. The number of likely N-dealkylation sites (tertiary alicyclic amines) is 1. The average molecular weight is 388 g/mol. The Balaban J connectivity index is 1.63. The molecule has 6 heteroatoms. The van der Waals surface area contributed by atoms with E-state index in [0.717, 1.165) is 19.6 Å². The maximum absolute atomic E-state index is 13.3. The van der Waals surface area contributed by atoms with Crippen molar-refractivity contribution in [2.24, 2.45) is 5.92 Å². The molecule has 2 aliphatic rings. The van der Waals surface area contributed by atoms with Gasteiger partial charge < -0.3 is 19.4 Å². The lowest BCUT2D eigenvalue weighted by atomic mass is 9.93. The highest BCUT2D eigenvalue weighted by Crippen LogP contribution is 2.29. The van der Waals surface area contributed by atoms with Gasteiger partial charge in [-0.25, -0.2) is 4.79 Å². The lowest BCUT2D eigenvalue weighted by molar-refractivity contribution is -0.142. The molecule has 1 aromatic carbocycles. The zero-order valence-electron chi connectivity index (χ0n) is 17.6. The minimum atomic E-state index is -0.494. The summed E-state index contributed by atoms with van der Waals surface area (Å²) in [6, 6.07) is 10.4. The molecule has 2 aliphatic heterocycles. The van der Waals surface area contributed by atoms with E-state index in [4.69, 9.17) is 4.74 Å². The molecule has 2 amide bonds. The van der Waals surface area contributed by atoms with E-state index in [1.807, 2.05) is 39.0 Å². The fourth-order valence-corrected chi connectivity index (χ4v) is 4.01. The first kappa shape index (κ1) is 20.6. The number of piperazine rings is 1. The van der Waals surface area contributed by atoms with Crippen LogP contribution in [0.2, 0.25) is 0 Å². The second-order valence-corrected chi connectivity index (χ2v) is 8.96. The Labute approximate surface area is 168 Å². The number of ether oxygens (including phenoxy) is 1. The molecule has 2 heterocycles. The SMILES string of the molecule is CN1CCN(C(=O)C2CCN(C(=O)OC(C)(C)C)CC2)[C@@H](c2ccccc2)C1. The number of hydrogen-bond donors (Lipinski definition) is 0.